The van der Waals surface area contributed by atoms with Crippen molar-refractivity contribution in [3.8, 4) is 11.5 Å². The summed E-state index contributed by atoms with van der Waals surface area (Å²) in [6.45, 7) is 2.57. The summed E-state index contributed by atoms with van der Waals surface area (Å²) in [7, 11) is 1.58. The Morgan fingerprint density at radius 3 is 2.71 bits per heavy atom. The molecule has 1 saturated heterocycles. The van der Waals surface area contributed by atoms with Crippen LogP contribution in [0, 0.1) is 3.57 Å². The van der Waals surface area contributed by atoms with Gasteiger partial charge in [-0.25, -0.2) is 0 Å². The van der Waals surface area contributed by atoms with Gasteiger partial charge < -0.3 is 9.47 Å². The Bertz CT molecular complexity index is 963. The second kappa shape index (κ2) is 9.19. The van der Waals surface area contributed by atoms with Crippen LogP contribution in [-0.4, -0.2) is 29.8 Å². The maximum absolute atomic E-state index is 12.8. The number of hydrogen-bond acceptors (Lipinski definition) is 5. The lowest BCUT2D eigenvalue weighted by Crippen LogP contribution is -2.27. The highest BCUT2D eigenvalue weighted by molar-refractivity contribution is 14.1. The fraction of sp³-hybridized carbons (Fsp3) is 0.200. The van der Waals surface area contributed by atoms with Crippen LogP contribution in [0.4, 0.5) is 4.79 Å². The highest BCUT2D eigenvalue weighted by atomic mass is 127. The molecule has 3 rings (SSSR count). The van der Waals surface area contributed by atoms with Crippen LogP contribution in [0.5, 0.6) is 11.5 Å². The molecular formula is C20H17ClINO4S. The second-order valence-electron chi connectivity index (χ2n) is 5.86. The number of amides is 2. The van der Waals surface area contributed by atoms with Gasteiger partial charge in [0, 0.05) is 5.02 Å². The fourth-order valence-corrected chi connectivity index (χ4v) is 4.63. The molecule has 2 aromatic rings. The number of hydrogen-bond donors (Lipinski definition) is 0. The molecule has 0 bridgehead atoms. The Morgan fingerprint density at radius 2 is 2.04 bits per heavy atom. The molecule has 1 heterocycles. The number of thioether (sulfide) groups is 1. The molecule has 28 heavy (non-hydrogen) atoms. The van der Waals surface area contributed by atoms with Gasteiger partial charge in [-0.1, -0.05) is 23.7 Å². The van der Waals surface area contributed by atoms with Crippen LogP contribution in [0.25, 0.3) is 6.08 Å². The van der Waals surface area contributed by atoms with Gasteiger partial charge >= 0.3 is 0 Å². The van der Waals surface area contributed by atoms with E-state index in [1.165, 1.54) is 4.90 Å². The minimum Gasteiger partial charge on any atom is -0.492 e. The molecule has 0 spiro atoms. The smallest absolute Gasteiger partial charge is 0.293 e. The van der Waals surface area contributed by atoms with Crippen LogP contribution in [0.1, 0.15) is 18.1 Å². The van der Waals surface area contributed by atoms with E-state index in [-0.39, 0.29) is 17.7 Å². The maximum atomic E-state index is 12.8. The third kappa shape index (κ3) is 4.64. The van der Waals surface area contributed by atoms with Crippen molar-refractivity contribution < 1.29 is 19.1 Å². The molecule has 1 fully saturated rings. The van der Waals surface area contributed by atoms with Crippen LogP contribution in [0.2, 0.25) is 5.02 Å². The lowest BCUT2D eigenvalue weighted by atomic mass is 10.1. The first kappa shape index (κ1) is 21.0. The molecular weight excluding hydrogens is 513 g/mol. The summed E-state index contributed by atoms with van der Waals surface area (Å²) >= 11 is 9.07. The molecule has 146 valence electrons. The van der Waals surface area contributed by atoms with E-state index in [2.05, 4.69) is 22.6 Å². The van der Waals surface area contributed by atoms with Gasteiger partial charge in [0.2, 0.25) is 0 Å². The van der Waals surface area contributed by atoms with Gasteiger partial charge in [-0.3, -0.25) is 14.5 Å². The number of nitrogens with zero attached hydrogens (tertiary/aromatic N) is 1. The Hall–Kier alpha value is -1.71. The summed E-state index contributed by atoms with van der Waals surface area (Å²) in [5.74, 6) is 0.925. The quantitative estimate of drug-likeness (QED) is 0.361. The molecule has 0 N–H and O–H groups in total. The van der Waals surface area contributed by atoms with Crippen LogP contribution >= 0.6 is 46.0 Å². The Kier molecular flexibility index (Phi) is 6.90. The first-order valence-electron chi connectivity index (χ1n) is 8.43. The summed E-state index contributed by atoms with van der Waals surface area (Å²) < 4.78 is 11.9. The molecule has 0 radical (unpaired) electrons. The molecule has 0 atom stereocenters. The number of methoxy groups -OCH3 is 1. The number of rotatable bonds is 6. The summed E-state index contributed by atoms with van der Waals surface area (Å²) in [6.07, 6.45) is 1.70. The van der Waals surface area contributed by atoms with Crippen LogP contribution in [0.15, 0.2) is 41.3 Å². The largest absolute Gasteiger partial charge is 0.492 e. The van der Waals surface area contributed by atoms with Crippen molar-refractivity contribution in [2.24, 2.45) is 0 Å². The zero-order valence-electron chi connectivity index (χ0n) is 15.2. The van der Waals surface area contributed by atoms with Gasteiger partial charge in [-0.05, 0) is 82.7 Å². The van der Waals surface area contributed by atoms with Crippen molar-refractivity contribution in [3.63, 3.8) is 0 Å². The number of imide groups is 1. The van der Waals surface area contributed by atoms with Crippen molar-refractivity contribution in [2.45, 2.75) is 13.5 Å². The average Bonchev–Trinajstić information content (AvgIpc) is 2.89. The van der Waals surface area contributed by atoms with Gasteiger partial charge in [0.05, 0.1) is 28.7 Å². The third-order valence-corrected chi connectivity index (χ3v) is 5.88. The van der Waals surface area contributed by atoms with E-state index in [0.29, 0.717) is 28.0 Å². The molecule has 2 aromatic carbocycles. The van der Waals surface area contributed by atoms with Crippen molar-refractivity contribution in [2.75, 3.05) is 13.7 Å². The SMILES string of the molecule is CCOc1cc(/C=C2\SC(=O)N(Cc3cccc(Cl)c3)C2=O)cc(I)c1OC. The highest BCUT2D eigenvalue weighted by Gasteiger charge is 2.35. The van der Waals surface area contributed by atoms with E-state index in [1.54, 1.807) is 37.5 Å². The van der Waals surface area contributed by atoms with Crippen molar-refractivity contribution >= 4 is 63.2 Å². The average molecular weight is 530 g/mol. The number of ether oxygens (including phenoxy) is 2. The van der Waals surface area contributed by atoms with Crippen LogP contribution in [0.3, 0.4) is 0 Å². The first-order valence-corrected chi connectivity index (χ1v) is 10.7. The zero-order valence-corrected chi connectivity index (χ0v) is 18.9. The van der Waals surface area contributed by atoms with Crippen molar-refractivity contribution in [3.05, 3.63) is 61.0 Å². The van der Waals surface area contributed by atoms with Crippen molar-refractivity contribution in [1.29, 1.82) is 0 Å². The number of carbonyl (C=O) groups is 2. The van der Waals surface area contributed by atoms with Crippen LogP contribution in [-0.2, 0) is 11.3 Å². The predicted octanol–water partition coefficient (Wildman–Crippen LogP) is 5.59. The maximum Gasteiger partial charge on any atom is 0.293 e. The number of carbonyl (C=O) groups excluding carboxylic acids is 2. The van der Waals surface area contributed by atoms with Gasteiger partial charge in [-0.2, -0.15) is 0 Å². The molecule has 0 aromatic heterocycles. The zero-order chi connectivity index (χ0) is 20.3. The summed E-state index contributed by atoms with van der Waals surface area (Å²) in [4.78, 5) is 26.7. The lowest BCUT2D eigenvalue weighted by Gasteiger charge is -2.13. The summed E-state index contributed by atoms with van der Waals surface area (Å²) in [5.41, 5.74) is 1.57. The molecule has 8 heteroatoms. The minimum atomic E-state index is -0.321. The Labute approximate surface area is 186 Å². The van der Waals surface area contributed by atoms with Crippen LogP contribution < -0.4 is 9.47 Å². The molecule has 1 aliphatic heterocycles. The summed E-state index contributed by atoms with van der Waals surface area (Å²) in [5, 5.41) is 0.265. The summed E-state index contributed by atoms with van der Waals surface area (Å²) in [6, 6.07) is 10.8. The van der Waals surface area contributed by atoms with Gasteiger partial charge in [0.15, 0.2) is 11.5 Å². The fourth-order valence-electron chi connectivity index (χ4n) is 2.74. The molecule has 0 unspecified atom stereocenters. The molecule has 0 aliphatic carbocycles. The van der Waals surface area contributed by atoms with E-state index in [0.717, 1.165) is 26.5 Å². The number of benzene rings is 2. The molecule has 0 saturated carbocycles. The normalized spacial score (nSPS) is 15.4. The molecule has 1 aliphatic rings. The lowest BCUT2D eigenvalue weighted by molar-refractivity contribution is -0.123. The van der Waals surface area contributed by atoms with E-state index < -0.39 is 0 Å². The van der Waals surface area contributed by atoms with E-state index in [4.69, 9.17) is 21.1 Å². The number of halogens is 2. The third-order valence-electron chi connectivity index (χ3n) is 3.94. The standard InChI is InChI=1S/C20H17ClINO4S/c1-3-27-16-9-13(8-15(22)18(16)26-2)10-17-19(24)23(20(25)28-17)11-12-5-4-6-14(21)7-12/h4-10H,3,11H2,1-2H3/b17-10-. The molecule has 2 amide bonds. The second-order valence-corrected chi connectivity index (χ2v) is 8.46. The van der Waals surface area contributed by atoms with Gasteiger partial charge in [0.25, 0.3) is 11.1 Å². The predicted molar refractivity (Wildman–Crippen MR) is 120 cm³/mol. The van der Waals surface area contributed by atoms with Gasteiger partial charge in [-0.15, -0.1) is 0 Å². The molecule has 5 nitrogen and oxygen atoms in total. The first-order chi connectivity index (χ1) is 13.4. The van der Waals surface area contributed by atoms with Crippen molar-refractivity contribution in [1.82, 2.24) is 4.90 Å². The van der Waals surface area contributed by atoms with E-state index in [9.17, 15) is 9.59 Å². The van der Waals surface area contributed by atoms with E-state index >= 15 is 0 Å². The van der Waals surface area contributed by atoms with Gasteiger partial charge in [0.1, 0.15) is 0 Å². The monoisotopic (exact) mass is 529 g/mol. The Balaban J connectivity index is 1.87. The topological polar surface area (TPSA) is 55.8 Å². The minimum absolute atomic E-state index is 0.187. The van der Waals surface area contributed by atoms with E-state index in [1.807, 2.05) is 19.1 Å². The highest BCUT2D eigenvalue weighted by Crippen LogP contribution is 2.37. The Morgan fingerprint density at radius 1 is 1.25 bits per heavy atom.